The van der Waals surface area contributed by atoms with Crippen LogP contribution in [0.3, 0.4) is 0 Å². The predicted octanol–water partition coefficient (Wildman–Crippen LogP) is 5.08. The molecule has 2 bridgehead atoms. The summed E-state index contributed by atoms with van der Waals surface area (Å²) in [6, 6.07) is 13.1. The van der Waals surface area contributed by atoms with E-state index in [2.05, 4.69) is 28.4 Å². The molecule has 2 aliphatic carbocycles. The highest BCUT2D eigenvalue weighted by Crippen LogP contribution is 2.61. The number of hydrogen-bond donors (Lipinski definition) is 1. The Bertz CT molecular complexity index is 1010. The lowest BCUT2D eigenvalue weighted by Crippen LogP contribution is -2.53. The molecule has 1 N–H and O–H groups in total. The van der Waals surface area contributed by atoms with E-state index >= 15 is 0 Å². The molecule has 4 nitrogen and oxygen atoms in total. The summed E-state index contributed by atoms with van der Waals surface area (Å²) in [5.41, 5.74) is 4.48. The number of alkyl carbamates (subject to hydrolysis) is 1. The first-order valence-corrected chi connectivity index (χ1v) is 11.7. The molecule has 31 heavy (non-hydrogen) atoms. The molecule has 3 heterocycles. The van der Waals surface area contributed by atoms with Gasteiger partial charge in [-0.05, 0) is 103 Å². The summed E-state index contributed by atoms with van der Waals surface area (Å²) in [6.45, 7) is 3.14. The van der Waals surface area contributed by atoms with Crippen LogP contribution < -0.4 is 5.32 Å². The number of nitrogens with zero attached hydrogens (tertiary/aromatic N) is 1. The van der Waals surface area contributed by atoms with E-state index in [9.17, 15) is 9.18 Å². The van der Waals surface area contributed by atoms with Gasteiger partial charge in [-0.1, -0.05) is 24.3 Å². The Morgan fingerprint density at radius 3 is 2.58 bits per heavy atom. The van der Waals surface area contributed by atoms with Crippen LogP contribution in [0.5, 0.6) is 0 Å². The summed E-state index contributed by atoms with van der Waals surface area (Å²) in [5.74, 6) is 0.272. The topological polar surface area (TPSA) is 41.6 Å². The zero-order valence-corrected chi connectivity index (χ0v) is 17.8. The minimum absolute atomic E-state index is 0.0133. The standard InChI is InChI=1S/C26H29FN2O2/c27-21-3-1-2-19(14-21)20-5-4-17-6-9-26(10-11-26)24(22(17)15-20)28-25(30)31-23-16-29-12-7-18(23)8-13-29/h1-5,14-15,18,23-24H,6-13,16H2,(H,28,30)/t23-,24?/m0/s1. The smallest absolute Gasteiger partial charge is 0.407 e. The molecule has 2 atom stereocenters. The number of aryl methyl sites for hydroxylation is 1. The van der Waals surface area contributed by atoms with Crippen LogP contribution in [0.15, 0.2) is 42.5 Å². The molecule has 2 aromatic rings. The van der Waals surface area contributed by atoms with Crippen LogP contribution in [0.4, 0.5) is 9.18 Å². The molecular weight excluding hydrogens is 391 g/mol. The second-order valence-corrected chi connectivity index (χ2v) is 9.95. The molecule has 2 aromatic carbocycles. The van der Waals surface area contributed by atoms with Crippen LogP contribution in [0.2, 0.25) is 0 Å². The minimum atomic E-state index is -0.279. The number of piperidine rings is 3. The van der Waals surface area contributed by atoms with E-state index in [1.165, 1.54) is 17.2 Å². The van der Waals surface area contributed by atoms with Gasteiger partial charge in [0.05, 0.1) is 6.04 Å². The van der Waals surface area contributed by atoms with Gasteiger partial charge in [0.1, 0.15) is 11.9 Å². The molecule has 1 spiro atoms. The lowest BCUT2D eigenvalue weighted by molar-refractivity contribution is -0.0347. The number of halogens is 1. The van der Waals surface area contributed by atoms with Gasteiger partial charge in [0.15, 0.2) is 0 Å². The van der Waals surface area contributed by atoms with Crippen LogP contribution in [0.25, 0.3) is 11.1 Å². The van der Waals surface area contributed by atoms with Crippen molar-refractivity contribution in [1.82, 2.24) is 10.2 Å². The monoisotopic (exact) mass is 420 g/mol. The summed E-state index contributed by atoms with van der Waals surface area (Å²) in [5, 5.41) is 3.27. The predicted molar refractivity (Wildman–Crippen MR) is 117 cm³/mol. The van der Waals surface area contributed by atoms with Crippen LogP contribution >= 0.6 is 0 Å². The van der Waals surface area contributed by atoms with Gasteiger partial charge in [-0.2, -0.15) is 0 Å². The van der Waals surface area contributed by atoms with Gasteiger partial charge in [-0.3, -0.25) is 4.90 Å². The average molecular weight is 421 g/mol. The van der Waals surface area contributed by atoms with Gasteiger partial charge in [-0.25, -0.2) is 9.18 Å². The lowest BCUT2D eigenvalue weighted by atomic mass is 9.76. The zero-order chi connectivity index (χ0) is 21.0. The third kappa shape index (κ3) is 3.53. The van der Waals surface area contributed by atoms with E-state index in [4.69, 9.17) is 4.74 Å². The molecule has 1 saturated carbocycles. The van der Waals surface area contributed by atoms with Crippen LogP contribution in [-0.2, 0) is 11.2 Å². The summed E-state index contributed by atoms with van der Waals surface area (Å²) in [4.78, 5) is 15.4. The van der Waals surface area contributed by atoms with Crippen molar-refractivity contribution in [3.63, 3.8) is 0 Å². The third-order valence-electron chi connectivity index (χ3n) is 8.13. The molecule has 7 rings (SSSR count). The first kappa shape index (κ1) is 19.3. The highest BCUT2D eigenvalue weighted by Gasteiger charge is 2.53. The van der Waals surface area contributed by atoms with Crippen molar-refractivity contribution in [3.05, 3.63) is 59.4 Å². The van der Waals surface area contributed by atoms with E-state index in [0.29, 0.717) is 5.92 Å². The highest BCUT2D eigenvalue weighted by atomic mass is 19.1. The molecule has 0 aromatic heterocycles. The van der Waals surface area contributed by atoms with E-state index in [1.54, 1.807) is 12.1 Å². The van der Waals surface area contributed by atoms with Crippen LogP contribution in [0, 0.1) is 17.2 Å². The van der Waals surface area contributed by atoms with Crippen molar-refractivity contribution in [3.8, 4) is 11.1 Å². The van der Waals surface area contributed by atoms with Gasteiger partial charge >= 0.3 is 6.09 Å². The maximum Gasteiger partial charge on any atom is 0.407 e. The molecule has 4 fully saturated rings. The maximum absolute atomic E-state index is 13.8. The molecule has 3 saturated heterocycles. The fraction of sp³-hybridized carbons (Fsp3) is 0.500. The van der Waals surface area contributed by atoms with Crippen LogP contribution in [0.1, 0.15) is 49.3 Å². The SMILES string of the molecule is O=C(NC1c2cc(-c3cccc(F)c3)ccc2CCC12CC2)O[C@H]1CN2CCC1CC2. The quantitative estimate of drug-likeness (QED) is 0.753. The van der Waals surface area contributed by atoms with E-state index in [1.807, 2.05) is 6.07 Å². The largest absolute Gasteiger partial charge is 0.445 e. The van der Waals surface area contributed by atoms with Crippen molar-refractivity contribution >= 4 is 6.09 Å². The van der Waals surface area contributed by atoms with Crippen molar-refractivity contribution < 1.29 is 13.9 Å². The Kier molecular flexibility index (Phi) is 4.57. The maximum atomic E-state index is 13.8. The van der Waals surface area contributed by atoms with Gasteiger partial charge in [0.25, 0.3) is 0 Å². The number of hydrogen-bond acceptors (Lipinski definition) is 3. The summed E-state index contributed by atoms with van der Waals surface area (Å²) in [7, 11) is 0. The van der Waals surface area contributed by atoms with Crippen molar-refractivity contribution in [2.24, 2.45) is 11.3 Å². The second kappa shape index (κ2) is 7.33. The molecule has 5 heteroatoms. The normalized spacial score (nSPS) is 30.0. The molecule has 1 amide bonds. The molecule has 3 aliphatic heterocycles. The molecule has 5 aliphatic rings. The minimum Gasteiger partial charge on any atom is -0.445 e. The Morgan fingerprint density at radius 1 is 1.06 bits per heavy atom. The van der Waals surface area contributed by atoms with E-state index in [-0.39, 0.29) is 29.5 Å². The van der Waals surface area contributed by atoms with Gasteiger partial charge in [0.2, 0.25) is 0 Å². The number of nitrogens with one attached hydrogen (secondary N) is 1. The first-order chi connectivity index (χ1) is 15.1. The van der Waals surface area contributed by atoms with Crippen molar-refractivity contribution in [1.29, 1.82) is 0 Å². The Balaban J connectivity index is 1.26. The number of amides is 1. The summed E-state index contributed by atoms with van der Waals surface area (Å²) < 4.78 is 19.7. The molecule has 1 unspecified atom stereocenters. The first-order valence-electron chi connectivity index (χ1n) is 11.7. The van der Waals surface area contributed by atoms with Crippen LogP contribution in [-0.4, -0.2) is 36.7 Å². The van der Waals surface area contributed by atoms with E-state index in [0.717, 1.165) is 69.3 Å². The van der Waals surface area contributed by atoms with Crippen molar-refractivity contribution in [2.75, 3.05) is 19.6 Å². The third-order valence-corrected chi connectivity index (χ3v) is 8.13. The van der Waals surface area contributed by atoms with E-state index < -0.39 is 0 Å². The zero-order valence-electron chi connectivity index (χ0n) is 17.8. The Morgan fingerprint density at radius 2 is 1.87 bits per heavy atom. The van der Waals surface area contributed by atoms with Crippen molar-refractivity contribution in [2.45, 2.75) is 50.7 Å². The Labute approximate surface area is 182 Å². The molecule has 162 valence electrons. The highest BCUT2D eigenvalue weighted by molar-refractivity contribution is 5.70. The molecule has 0 radical (unpaired) electrons. The fourth-order valence-electron chi connectivity index (χ4n) is 6.06. The summed E-state index contributed by atoms with van der Waals surface area (Å²) in [6.07, 6.45) is 6.41. The average Bonchev–Trinajstić information content (AvgIpc) is 3.57. The van der Waals surface area contributed by atoms with Gasteiger partial charge < -0.3 is 10.1 Å². The van der Waals surface area contributed by atoms with Gasteiger partial charge in [-0.15, -0.1) is 0 Å². The summed E-state index contributed by atoms with van der Waals surface area (Å²) >= 11 is 0. The number of carbonyl (C=O) groups is 1. The fourth-order valence-corrected chi connectivity index (χ4v) is 6.06. The number of benzene rings is 2. The Hall–Kier alpha value is -2.40. The lowest BCUT2D eigenvalue weighted by Gasteiger charge is -2.44. The number of ether oxygens (including phenoxy) is 1. The molecular formula is C26H29FN2O2. The number of fused-ring (bicyclic) bond motifs is 4. The number of carbonyl (C=O) groups excluding carboxylic acids is 1. The van der Waals surface area contributed by atoms with Gasteiger partial charge in [0, 0.05) is 6.54 Å². The number of rotatable bonds is 3. The second-order valence-electron chi connectivity index (χ2n) is 9.95.